The maximum Gasteiger partial charge on any atom is 0.161 e. The van der Waals surface area contributed by atoms with E-state index in [1.165, 1.54) is 5.56 Å². The number of hydrogen-bond acceptors (Lipinski definition) is 3. The molecule has 1 aromatic carbocycles. The lowest BCUT2D eigenvalue weighted by Crippen LogP contribution is -2.19. The molecule has 0 radical (unpaired) electrons. The summed E-state index contributed by atoms with van der Waals surface area (Å²) in [5, 5.41) is 0. The van der Waals surface area contributed by atoms with Gasteiger partial charge in [0.05, 0.1) is 13.2 Å². The van der Waals surface area contributed by atoms with E-state index in [-0.39, 0.29) is 0 Å². The molecule has 2 heterocycles. The van der Waals surface area contributed by atoms with E-state index in [2.05, 4.69) is 28.1 Å². The molecular formula is C15H19BrO3. The summed E-state index contributed by atoms with van der Waals surface area (Å²) < 4.78 is 16.9. The first-order valence-corrected chi connectivity index (χ1v) is 7.87. The molecule has 0 amide bonds. The lowest BCUT2D eigenvalue weighted by atomic mass is 9.92. The van der Waals surface area contributed by atoms with Crippen molar-refractivity contribution in [2.45, 2.75) is 24.1 Å². The summed E-state index contributed by atoms with van der Waals surface area (Å²) in [6.45, 7) is 3.22. The van der Waals surface area contributed by atoms with Crippen LogP contribution in [0.1, 0.15) is 29.7 Å². The third-order valence-corrected chi connectivity index (χ3v) is 5.05. The molecule has 19 heavy (non-hydrogen) atoms. The van der Waals surface area contributed by atoms with Crippen LogP contribution in [-0.2, 0) is 4.74 Å². The largest absolute Gasteiger partial charge is 0.490 e. The summed E-state index contributed by atoms with van der Waals surface area (Å²) in [7, 11) is 0. The molecule has 2 aliphatic heterocycles. The van der Waals surface area contributed by atoms with Crippen molar-refractivity contribution in [1.82, 2.24) is 0 Å². The molecule has 0 N–H and O–H groups in total. The number of ether oxygens (including phenoxy) is 3. The molecule has 0 aliphatic carbocycles. The molecular weight excluding hydrogens is 308 g/mol. The average molecular weight is 327 g/mol. The zero-order valence-electron chi connectivity index (χ0n) is 10.9. The Balaban J connectivity index is 1.78. The SMILES string of the molecule is BrC(c1ccc2c(c1)OCCCO2)C1CCOCC1. The van der Waals surface area contributed by atoms with Crippen LogP contribution in [0.25, 0.3) is 0 Å². The highest BCUT2D eigenvalue weighted by atomic mass is 79.9. The van der Waals surface area contributed by atoms with Gasteiger partial charge in [-0.1, -0.05) is 22.0 Å². The second-order valence-electron chi connectivity index (χ2n) is 5.11. The third-order valence-electron chi connectivity index (χ3n) is 3.77. The summed E-state index contributed by atoms with van der Waals surface area (Å²) in [6.07, 6.45) is 3.18. The van der Waals surface area contributed by atoms with Crippen LogP contribution in [0.2, 0.25) is 0 Å². The smallest absolute Gasteiger partial charge is 0.161 e. The lowest BCUT2D eigenvalue weighted by molar-refractivity contribution is 0.0662. The van der Waals surface area contributed by atoms with Crippen molar-refractivity contribution in [3.8, 4) is 11.5 Å². The van der Waals surface area contributed by atoms with Crippen LogP contribution in [0.5, 0.6) is 11.5 Å². The summed E-state index contributed by atoms with van der Waals surface area (Å²) in [6, 6.07) is 6.29. The van der Waals surface area contributed by atoms with Crippen LogP contribution in [0.3, 0.4) is 0 Å². The Morgan fingerprint density at radius 2 is 1.74 bits per heavy atom. The predicted octanol–water partition coefficient (Wildman–Crippen LogP) is 3.71. The first-order valence-electron chi connectivity index (χ1n) is 6.96. The van der Waals surface area contributed by atoms with Gasteiger partial charge in [-0.25, -0.2) is 0 Å². The fraction of sp³-hybridized carbons (Fsp3) is 0.600. The molecule has 2 aliphatic rings. The van der Waals surface area contributed by atoms with Gasteiger partial charge in [0.1, 0.15) is 0 Å². The van der Waals surface area contributed by atoms with Gasteiger partial charge >= 0.3 is 0 Å². The minimum absolute atomic E-state index is 0.369. The second kappa shape index (κ2) is 6.14. The number of hydrogen-bond donors (Lipinski definition) is 0. The Kier molecular flexibility index (Phi) is 4.28. The van der Waals surface area contributed by atoms with Crippen molar-refractivity contribution in [2.75, 3.05) is 26.4 Å². The van der Waals surface area contributed by atoms with E-state index in [1.807, 2.05) is 6.07 Å². The average Bonchev–Trinajstić information content (AvgIpc) is 2.72. The minimum atomic E-state index is 0.369. The Morgan fingerprint density at radius 3 is 2.53 bits per heavy atom. The molecule has 1 atom stereocenters. The number of rotatable bonds is 2. The van der Waals surface area contributed by atoms with Crippen LogP contribution in [0.4, 0.5) is 0 Å². The Hall–Kier alpha value is -0.740. The molecule has 4 heteroatoms. The summed E-state index contributed by atoms with van der Waals surface area (Å²) in [4.78, 5) is 0.369. The van der Waals surface area contributed by atoms with Gasteiger partial charge in [0, 0.05) is 24.5 Å². The van der Waals surface area contributed by atoms with Gasteiger partial charge in [0.15, 0.2) is 11.5 Å². The monoisotopic (exact) mass is 326 g/mol. The fourth-order valence-electron chi connectivity index (χ4n) is 2.63. The molecule has 1 aromatic rings. The topological polar surface area (TPSA) is 27.7 Å². The third kappa shape index (κ3) is 3.06. The zero-order chi connectivity index (χ0) is 13.1. The van der Waals surface area contributed by atoms with Crippen LogP contribution in [0.15, 0.2) is 18.2 Å². The van der Waals surface area contributed by atoms with Crippen molar-refractivity contribution in [3.63, 3.8) is 0 Å². The molecule has 0 spiro atoms. The fourth-order valence-corrected chi connectivity index (χ4v) is 3.45. The molecule has 0 aromatic heterocycles. The van der Waals surface area contributed by atoms with E-state index in [1.54, 1.807) is 0 Å². The van der Waals surface area contributed by atoms with Crippen LogP contribution in [0, 0.1) is 5.92 Å². The number of alkyl halides is 1. The molecule has 1 unspecified atom stereocenters. The maximum absolute atomic E-state index is 5.76. The van der Waals surface area contributed by atoms with Crippen molar-refractivity contribution in [3.05, 3.63) is 23.8 Å². The molecule has 104 valence electrons. The minimum Gasteiger partial charge on any atom is -0.490 e. The standard InChI is InChI=1S/C15H19BrO3/c16-15(11-4-8-17-9-5-11)12-2-3-13-14(10-12)19-7-1-6-18-13/h2-3,10-11,15H,1,4-9H2. The highest BCUT2D eigenvalue weighted by Crippen LogP contribution is 2.40. The zero-order valence-corrected chi connectivity index (χ0v) is 12.5. The van der Waals surface area contributed by atoms with E-state index in [0.717, 1.165) is 57.2 Å². The van der Waals surface area contributed by atoms with Gasteiger partial charge in [-0.15, -0.1) is 0 Å². The Bertz CT molecular complexity index is 429. The van der Waals surface area contributed by atoms with Crippen molar-refractivity contribution < 1.29 is 14.2 Å². The Labute approximate surface area is 122 Å². The number of benzene rings is 1. The summed E-state index contributed by atoms with van der Waals surface area (Å²) in [5.41, 5.74) is 1.27. The normalized spacial score (nSPS) is 21.7. The number of halogens is 1. The van der Waals surface area contributed by atoms with Gasteiger partial charge < -0.3 is 14.2 Å². The molecule has 0 saturated carbocycles. The maximum atomic E-state index is 5.76. The predicted molar refractivity (Wildman–Crippen MR) is 77.3 cm³/mol. The summed E-state index contributed by atoms with van der Waals surface area (Å²) >= 11 is 3.84. The van der Waals surface area contributed by atoms with Gasteiger partial charge in [0.2, 0.25) is 0 Å². The van der Waals surface area contributed by atoms with Gasteiger partial charge in [0.25, 0.3) is 0 Å². The van der Waals surface area contributed by atoms with Crippen molar-refractivity contribution in [1.29, 1.82) is 0 Å². The van der Waals surface area contributed by atoms with Crippen molar-refractivity contribution in [2.24, 2.45) is 5.92 Å². The van der Waals surface area contributed by atoms with Crippen LogP contribution in [-0.4, -0.2) is 26.4 Å². The molecule has 1 fully saturated rings. The van der Waals surface area contributed by atoms with Gasteiger partial charge in [-0.2, -0.15) is 0 Å². The van der Waals surface area contributed by atoms with Crippen LogP contribution >= 0.6 is 15.9 Å². The van der Waals surface area contributed by atoms with E-state index in [0.29, 0.717) is 10.7 Å². The van der Waals surface area contributed by atoms with Gasteiger partial charge in [-0.3, -0.25) is 0 Å². The summed E-state index contributed by atoms with van der Waals surface area (Å²) in [5.74, 6) is 2.39. The number of fused-ring (bicyclic) bond motifs is 1. The Morgan fingerprint density at radius 1 is 1.00 bits per heavy atom. The molecule has 0 bridgehead atoms. The quantitative estimate of drug-likeness (QED) is 0.775. The van der Waals surface area contributed by atoms with E-state index in [4.69, 9.17) is 14.2 Å². The highest BCUT2D eigenvalue weighted by Gasteiger charge is 2.24. The van der Waals surface area contributed by atoms with Gasteiger partial charge in [-0.05, 0) is 36.5 Å². The van der Waals surface area contributed by atoms with Crippen LogP contribution < -0.4 is 9.47 Å². The first-order chi connectivity index (χ1) is 9.34. The highest BCUT2D eigenvalue weighted by molar-refractivity contribution is 9.09. The molecule has 1 saturated heterocycles. The van der Waals surface area contributed by atoms with E-state index < -0.39 is 0 Å². The molecule has 3 rings (SSSR count). The molecule has 3 nitrogen and oxygen atoms in total. The second-order valence-corrected chi connectivity index (χ2v) is 6.09. The van der Waals surface area contributed by atoms with Crippen molar-refractivity contribution >= 4 is 15.9 Å². The first kappa shape index (κ1) is 13.3. The van der Waals surface area contributed by atoms with E-state index in [9.17, 15) is 0 Å². The lowest BCUT2D eigenvalue weighted by Gasteiger charge is -2.27. The van der Waals surface area contributed by atoms with E-state index >= 15 is 0 Å².